The lowest BCUT2D eigenvalue weighted by Crippen LogP contribution is -2.39. The Morgan fingerprint density at radius 3 is 2.00 bits per heavy atom. The molecular formula is C31H23N3S. The summed E-state index contributed by atoms with van der Waals surface area (Å²) >= 11 is 3.70. The van der Waals surface area contributed by atoms with Gasteiger partial charge in [0.05, 0.1) is 5.56 Å². The number of hydrogen-bond acceptors (Lipinski definition) is 3. The fraction of sp³-hybridized carbons (Fsp3) is 0.0645. The first kappa shape index (κ1) is 22.5. The maximum Gasteiger partial charge on any atom is 0.223 e. The molecular weight excluding hydrogens is 446 g/mol. The Labute approximate surface area is 211 Å². The molecule has 0 aliphatic heterocycles. The zero-order chi connectivity index (χ0) is 24.0. The molecule has 3 aromatic carbocycles. The number of thiocyanates is 1. The first-order valence-corrected chi connectivity index (χ1v) is 12.0. The molecule has 2 aromatic heterocycles. The summed E-state index contributed by atoms with van der Waals surface area (Å²) < 4.78 is 2.43. The van der Waals surface area contributed by atoms with Crippen LogP contribution in [0.4, 0.5) is 0 Å². The Morgan fingerprint density at radius 1 is 0.714 bits per heavy atom. The van der Waals surface area contributed by atoms with Crippen LogP contribution in [0.25, 0.3) is 39.3 Å². The van der Waals surface area contributed by atoms with Crippen molar-refractivity contribution in [3.8, 4) is 44.7 Å². The van der Waals surface area contributed by atoms with E-state index < -0.39 is 0 Å². The number of nitriles is 1. The Morgan fingerprint density at radius 2 is 1.31 bits per heavy atom. The molecule has 0 saturated heterocycles. The predicted molar refractivity (Wildman–Crippen MR) is 142 cm³/mol. The van der Waals surface area contributed by atoms with Gasteiger partial charge >= 0.3 is 0 Å². The standard InChI is InChI=1S/C30H23N2.CHNS/c1-3-9-22(10-4-1)28-21-29(24-12-5-2-6-13-24)32(25-17-19-31-20-18-25)30-26-14-8-7-11-23(26)15-16-27(28)30;2-1-3/h1-14,17-21H,15-16H2;3H/q+1;/p-1. The fourth-order valence-electron chi connectivity index (χ4n) is 4.89. The molecule has 0 spiro atoms. The third kappa shape index (κ3) is 4.42. The fourth-order valence-corrected chi connectivity index (χ4v) is 4.89. The molecule has 0 bridgehead atoms. The van der Waals surface area contributed by atoms with Gasteiger partial charge in [0, 0.05) is 41.7 Å². The monoisotopic (exact) mass is 469 g/mol. The lowest BCUT2D eigenvalue weighted by molar-refractivity contribution is -0.572. The average molecular weight is 470 g/mol. The topological polar surface area (TPSA) is 40.6 Å². The zero-order valence-corrected chi connectivity index (χ0v) is 20.0. The van der Waals surface area contributed by atoms with Gasteiger partial charge in [-0.3, -0.25) is 4.98 Å². The molecule has 1 aliphatic carbocycles. The van der Waals surface area contributed by atoms with E-state index in [1.807, 2.05) is 12.4 Å². The molecule has 168 valence electrons. The Balaban J connectivity index is 0.000000806. The van der Waals surface area contributed by atoms with E-state index in [0.717, 1.165) is 18.5 Å². The normalized spacial score (nSPS) is 11.3. The van der Waals surface area contributed by atoms with E-state index in [2.05, 4.69) is 125 Å². The van der Waals surface area contributed by atoms with Crippen LogP contribution in [0.2, 0.25) is 0 Å². The van der Waals surface area contributed by atoms with Crippen molar-refractivity contribution in [2.75, 3.05) is 0 Å². The predicted octanol–water partition coefficient (Wildman–Crippen LogP) is 6.47. The maximum absolute atomic E-state index is 7.13. The van der Waals surface area contributed by atoms with Crippen LogP contribution < -0.4 is 4.57 Å². The van der Waals surface area contributed by atoms with E-state index in [0.29, 0.717) is 0 Å². The summed E-state index contributed by atoms with van der Waals surface area (Å²) in [4.78, 5) is 4.28. The minimum absolute atomic E-state index is 1.02. The number of nitrogens with zero attached hydrogens (tertiary/aromatic N) is 3. The van der Waals surface area contributed by atoms with Crippen LogP contribution in [0.3, 0.4) is 0 Å². The minimum Gasteiger partial charge on any atom is -0.696 e. The molecule has 2 heterocycles. The highest BCUT2D eigenvalue weighted by Crippen LogP contribution is 2.39. The van der Waals surface area contributed by atoms with Crippen molar-refractivity contribution in [2.45, 2.75) is 12.8 Å². The molecule has 5 aromatic rings. The number of pyridine rings is 2. The van der Waals surface area contributed by atoms with E-state index in [1.165, 1.54) is 50.2 Å². The molecule has 1 aliphatic rings. The van der Waals surface area contributed by atoms with E-state index in [1.54, 1.807) is 0 Å². The number of benzene rings is 3. The quantitative estimate of drug-likeness (QED) is 0.173. The summed E-state index contributed by atoms with van der Waals surface area (Å²) in [7, 11) is 0. The average Bonchev–Trinajstić information content (AvgIpc) is 2.94. The molecule has 35 heavy (non-hydrogen) atoms. The first-order valence-electron chi connectivity index (χ1n) is 11.5. The van der Waals surface area contributed by atoms with Crippen LogP contribution in [0.5, 0.6) is 0 Å². The van der Waals surface area contributed by atoms with Crippen molar-refractivity contribution >= 4 is 12.6 Å². The molecule has 0 fully saturated rings. The molecule has 0 N–H and O–H groups in total. The Hall–Kier alpha value is -4.33. The van der Waals surface area contributed by atoms with Gasteiger partial charge in [-0.2, -0.15) is 4.57 Å². The first-order chi connectivity index (χ1) is 17.3. The third-order valence-corrected chi connectivity index (χ3v) is 6.35. The van der Waals surface area contributed by atoms with E-state index in [4.69, 9.17) is 5.26 Å². The number of aryl methyl sites for hydroxylation is 1. The molecule has 0 amide bonds. The molecule has 0 unspecified atom stereocenters. The second-order valence-corrected chi connectivity index (χ2v) is 8.47. The molecule has 6 rings (SSSR count). The van der Waals surface area contributed by atoms with E-state index in [-0.39, 0.29) is 0 Å². The van der Waals surface area contributed by atoms with Crippen molar-refractivity contribution in [3.05, 3.63) is 127 Å². The zero-order valence-electron chi connectivity index (χ0n) is 19.1. The van der Waals surface area contributed by atoms with Gasteiger partial charge in [0.15, 0.2) is 0 Å². The Kier molecular flexibility index (Phi) is 6.61. The smallest absolute Gasteiger partial charge is 0.223 e. The van der Waals surface area contributed by atoms with Gasteiger partial charge in [-0.15, -0.1) is 0 Å². The van der Waals surface area contributed by atoms with Crippen LogP contribution in [-0.2, 0) is 25.5 Å². The second kappa shape index (κ2) is 10.3. The van der Waals surface area contributed by atoms with E-state index >= 15 is 0 Å². The lowest BCUT2D eigenvalue weighted by Gasteiger charge is -2.22. The number of fused-ring (bicyclic) bond motifs is 3. The van der Waals surface area contributed by atoms with Gasteiger partial charge < -0.3 is 12.6 Å². The van der Waals surface area contributed by atoms with Crippen LogP contribution >= 0.6 is 0 Å². The van der Waals surface area contributed by atoms with Crippen LogP contribution in [0.1, 0.15) is 11.1 Å². The molecule has 0 saturated carbocycles. The number of hydrogen-bond donors (Lipinski definition) is 0. The second-order valence-electron chi connectivity index (χ2n) is 8.29. The highest BCUT2D eigenvalue weighted by Gasteiger charge is 2.33. The summed E-state index contributed by atoms with van der Waals surface area (Å²) in [5.41, 5.74) is 11.5. The highest BCUT2D eigenvalue weighted by atomic mass is 32.1. The van der Waals surface area contributed by atoms with Crippen molar-refractivity contribution in [1.29, 1.82) is 5.26 Å². The third-order valence-electron chi connectivity index (χ3n) is 6.35. The van der Waals surface area contributed by atoms with Gasteiger partial charge in [0.25, 0.3) is 0 Å². The van der Waals surface area contributed by atoms with Crippen LogP contribution in [0.15, 0.2) is 116 Å². The lowest BCUT2D eigenvalue weighted by atomic mass is 9.83. The molecule has 3 nitrogen and oxygen atoms in total. The molecule has 0 radical (unpaired) electrons. The SMILES string of the molecule is N#C[S-].c1ccc(-c2cc(-c3ccccc3)[n+](-c3ccncc3)c3c2CCc2ccccc2-3)cc1. The largest absolute Gasteiger partial charge is 0.696 e. The summed E-state index contributed by atoms with van der Waals surface area (Å²) in [5, 5.41) is 8.47. The van der Waals surface area contributed by atoms with Crippen molar-refractivity contribution < 1.29 is 4.57 Å². The van der Waals surface area contributed by atoms with Gasteiger partial charge in [-0.25, -0.2) is 5.26 Å². The van der Waals surface area contributed by atoms with Crippen LogP contribution in [-0.4, -0.2) is 4.98 Å². The van der Waals surface area contributed by atoms with Gasteiger partial charge in [0.2, 0.25) is 17.1 Å². The van der Waals surface area contributed by atoms with Crippen molar-refractivity contribution in [3.63, 3.8) is 0 Å². The van der Waals surface area contributed by atoms with Crippen molar-refractivity contribution in [2.24, 2.45) is 0 Å². The number of aromatic nitrogens is 2. The summed E-state index contributed by atoms with van der Waals surface area (Å²) in [6.07, 6.45) is 5.84. The highest BCUT2D eigenvalue weighted by molar-refractivity contribution is 7.64. The van der Waals surface area contributed by atoms with Gasteiger partial charge in [-0.1, -0.05) is 72.1 Å². The molecule has 4 heteroatoms. The van der Waals surface area contributed by atoms with Gasteiger partial charge in [-0.05, 0) is 47.7 Å². The summed E-state index contributed by atoms with van der Waals surface area (Å²) in [6.45, 7) is 0. The number of rotatable bonds is 3. The van der Waals surface area contributed by atoms with E-state index in [9.17, 15) is 0 Å². The summed E-state index contributed by atoms with van der Waals surface area (Å²) in [6, 6.07) is 36.9. The summed E-state index contributed by atoms with van der Waals surface area (Å²) in [5.74, 6) is 0. The van der Waals surface area contributed by atoms with Crippen molar-refractivity contribution in [1.82, 2.24) is 4.98 Å². The van der Waals surface area contributed by atoms with Crippen LogP contribution in [0, 0.1) is 10.7 Å². The maximum atomic E-state index is 7.13. The minimum atomic E-state index is 1.02. The molecule has 0 atom stereocenters. The van der Waals surface area contributed by atoms with Gasteiger partial charge in [0.1, 0.15) is 0 Å². The Bertz CT molecular complexity index is 1490.